The summed E-state index contributed by atoms with van der Waals surface area (Å²) in [5, 5.41) is 17.0. The van der Waals surface area contributed by atoms with E-state index in [4.69, 9.17) is 0 Å². The third-order valence-electron chi connectivity index (χ3n) is 5.49. The second-order valence-electron chi connectivity index (χ2n) is 7.93. The molecule has 5 rings (SSSR count). The molecule has 3 N–H and O–H groups in total. The van der Waals surface area contributed by atoms with Crippen molar-refractivity contribution < 1.29 is 9.59 Å². The smallest absolute Gasteiger partial charge is 0.225 e. The molecular weight excluding hydrogens is 380 g/mol. The van der Waals surface area contributed by atoms with Gasteiger partial charge >= 0.3 is 0 Å². The van der Waals surface area contributed by atoms with E-state index in [0.29, 0.717) is 18.7 Å². The Morgan fingerprint density at radius 2 is 2.00 bits per heavy atom. The Labute approximate surface area is 175 Å². The van der Waals surface area contributed by atoms with E-state index in [1.54, 1.807) is 16.9 Å². The number of benzene rings is 1. The highest BCUT2D eigenvalue weighted by atomic mass is 16.2. The van der Waals surface area contributed by atoms with Gasteiger partial charge in [-0.15, -0.1) is 0 Å². The van der Waals surface area contributed by atoms with Gasteiger partial charge in [0.05, 0.1) is 17.4 Å². The van der Waals surface area contributed by atoms with Crippen LogP contribution in [0.3, 0.4) is 0 Å². The van der Waals surface area contributed by atoms with Crippen molar-refractivity contribution in [3.63, 3.8) is 0 Å². The minimum absolute atomic E-state index is 0.0636. The van der Waals surface area contributed by atoms with Gasteiger partial charge in [-0.1, -0.05) is 18.2 Å². The van der Waals surface area contributed by atoms with Crippen LogP contribution >= 0.6 is 0 Å². The standard InChI is InChI=1S/C16H22N6O2.C6H4/c1-11(23)19-16(6-3-7-16)13-8-14(21-20-13)18-15(24)5-4-12-9-17-22(2)10-12;1-2-5-4-6(5)3-1/h8-10H,3-7H2,1-2H3,(H,19,23)(H2,18,20,21,24);1-4H. The molecular formula is C22H26N6O2. The van der Waals surface area contributed by atoms with Crippen LogP contribution in [0.25, 0.3) is 11.1 Å². The molecule has 3 aliphatic rings. The fraction of sp³-hybridized carbons (Fsp3) is 0.364. The lowest BCUT2D eigenvalue weighted by molar-refractivity contribution is -0.122. The number of anilines is 1. The van der Waals surface area contributed by atoms with E-state index in [9.17, 15) is 9.59 Å². The predicted octanol–water partition coefficient (Wildman–Crippen LogP) is 2.90. The average Bonchev–Trinajstić information content (AvgIpc) is 3.08. The molecule has 0 bridgehead atoms. The Morgan fingerprint density at radius 3 is 2.50 bits per heavy atom. The van der Waals surface area contributed by atoms with Crippen LogP contribution in [0.1, 0.15) is 43.9 Å². The Kier molecular flexibility index (Phi) is 5.39. The maximum Gasteiger partial charge on any atom is 0.225 e. The molecule has 2 amide bonds. The van der Waals surface area contributed by atoms with Crippen LogP contribution in [-0.4, -0.2) is 31.8 Å². The summed E-state index contributed by atoms with van der Waals surface area (Å²) in [6.07, 6.45) is 7.47. The van der Waals surface area contributed by atoms with Crippen molar-refractivity contribution in [3.8, 4) is 11.1 Å². The molecule has 2 heterocycles. The third-order valence-corrected chi connectivity index (χ3v) is 5.49. The van der Waals surface area contributed by atoms with E-state index in [2.05, 4.69) is 50.2 Å². The van der Waals surface area contributed by atoms with Gasteiger partial charge in [-0.2, -0.15) is 10.2 Å². The summed E-state index contributed by atoms with van der Waals surface area (Å²) in [6.45, 7) is 1.51. The number of aromatic nitrogens is 4. The van der Waals surface area contributed by atoms with Crippen molar-refractivity contribution in [2.45, 2.75) is 44.6 Å². The summed E-state index contributed by atoms with van der Waals surface area (Å²) in [5.41, 5.74) is 4.35. The first-order chi connectivity index (χ1) is 14.4. The second kappa shape index (κ2) is 8.14. The van der Waals surface area contributed by atoms with Crippen LogP contribution in [0.15, 0.2) is 42.7 Å². The van der Waals surface area contributed by atoms with E-state index < -0.39 is 0 Å². The quantitative estimate of drug-likeness (QED) is 0.458. The largest absolute Gasteiger partial charge is 0.345 e. The SMILES string of the molecule is CC(=O)NC1(c2cc(NC(=O)CCc3cnn(C)c3)n[nH]2)CCC1.c1cc2cc-2c1. The molecule has 0 aliphatic heterocycles. The zero-order valence-electron chi connectivity index (χ0n) is 17.2. The molecule has 0 radical (unpaired) electrons. The number of carbonyl (C=O) groups excluding carboxylic acids is 2. The Balaban J connectivity index is 0.000000305. The van der Waals surface area contributed by atoms with Crippen LogP contribution in [0.2, 0.25) is 0 Å². The van der Waals surface area contributed by atoms with Crippen LogP contribution in [0, 0.1) is 0 Å². The summed E-state index contributed by atoms with van der Waals surface area (Å²) in [5.74, 6) is 0.322. The summed E-state index contributed by atoms with van der Waals surface area (Å²) in [4.78, 5) is 23.5. The Morgan fingerprint density at radius 1 is 1.23 bits per heavy atom. The zero-order chi connectivity index (χ0) is 21.1. The first kappa shape index (κ1) is 19.9. The monoisotopic (exact) mass is 406 g/mol. The molecule has 2 aromatic rings. The molecule has 2 aromatic heterocycles. The normalized spacial score (nSPS) is 14.7. The van der Waals surface area contributed by atoms with Crippen LogP contribution < -0.4 is 10.6 Å². The van der Waals surface area contributed by atoms with Crippen molar-refractivity contribution in [3.05, 3.63) is 54.0 Å². The van der Waals surface area contributed by atoms with Gasteiger partial charge in [0.15, 0.2) is 5.82 Å². The van der Waals surface area contributed by atoms with Crippen molar-refractivity contribution in [2.75, 3.05) is 5.32 Å². The highest BCUT2D eigenvalue weighted by Gasteiger charge is 2.41. The van der Waals surface area contributed by atoms with Crippen molar-refractivity contribution >= 4 is 17.6 Å². The van der Waals surface area contributed by atoms with Gasteiger partial charge in [0.2, 0.25) is 11.8 Å². The number of amides is 2. The van der Waals surface area contributed by atoms with Gasteiger partial charge in [0.25, 0.3) is 0 Å². The molecule has 30 heavy (non-hydrogen) atoms. The summed E-state index contributed by atoms with van der Waals surface area (Å²) < 4.78 is 1.72. The molecule has 0 atom stereocenters. The second-order valence-corrected chi connectivity index (χ2v) is 7.93. The molecule has 1 fully saturated rings. The lowest BCUT2D eigenvalue weighted by atomic mass is 9.74. The average molecular weight is 406 g/mol. The lowest BCUT2D eigenvalue weighted by Crippen LogP contribution is -2.50. The molecule has 0 unspecified atom stereocenters. The van der Waals surface area contributed by atoms with Gasteiger partial charge in [-0.05, 0) is 48.4 Å². The van der Waals surface area contributed by atoms with Gasteiger partial charge < -0.3 is 10.6 Å². The minimum atomic E-state index is -0.364. The lowest BCUT2D eigenvalue weighted by Gasteiger charge is -2.41. The fourth-order valence-electron chi connectivity index (χ4n) is 3.70. The minimum Gasteiger partial charge on any atom is -0.345 e. The molecule has 8 heteroatoms. The highest BCUT2D eigenvalue weighted by Crippen LogP contribution is 2.40. The molecule has 3 aliphatic carbocycles. The van der Waals surface area contributed by atoms with Crippen molar-refractivity contribution in [1.29, 1.82) is 0 Å². The van der Waals surface area contributed by atoms with E-state index in [1.165, 1.54) is 18.1 Å². The van der Waals surface area contributed by atoms with Crippen molar-refractivity contribution in [1.82, 2.24) is 25.3 Å². The number of nitrogens with one attached hydrogen (secondary N) is 3. The summed E-state index contributed by atoms with van der Waals surface area (Å²) in [6, 6.07) is 10.3. The maximum atomic E-state index is 12.1. The van der Waals surface area contributed by atoms with Gasteiger partial charge in [-0.3, -0.25) is 19.4 Å². The molecule has 156 valence electrons. The third kappa shape index (κ3) is 4.59. The number of rotatable bonds is 6. The van der Waals surface area contributed by atoms with Crippen LogP contribution in [0.5, 0.6) is 0 Å². The maximum absolute atomic E-state index is 12.1. The summed E-state index contributed by atoms with van der Waals surface area (Å²) >= 11 is 0. The highest BCUT2D eigenvalue weighted by molar-refractivity contribution is 5.90. The number of nitrogens with zero attached hydrogens (tertiary/aromatic N) is 3. The topological polar surface area (TPSA) is 105 Å². The van der Waals surface area contributed by atoms with Crippen molar-refractivity contribution in [2.24, 2.45) is 7.05 Å². The fourth-order valence-corrected chi connectivity index (χ4v) is 3.70. The number of aromatic amines is 1. The van der Waals surface area contributed by atoms with Crippen LogP contribution in [0.4, 0.5) is 5.82 Å². The number of hydrogen-bond acceptors (Lipinski definition) is 4. The number of hydrogen-bond donors (Lipinski definition) is 3. The Hall–Kier alpha value is -3.42. The molecule has 1 saturated carbocycles. The molecule has 8 nitrogen and oxygen atoms in total. The number of carbonyl (C=O) groups is 2. The molecule has 0 aromatic carbocycles. The van der Waals surface area contributed by atoms with E-state index in [1.807, 2.05) is 13.2 Å². The predicted molar refractivity (Wildman–Crippen MR) is 114 cm³/mol. The molecule has 0 saturated heterocycles. The number of aryl methyl sites for hydroxylation is 2. The Bertz CT molecular complexity index is 1050. The van der Waals surface area contributed by atoms with E-state index in [0.717, 1.165) is 30.5 Å². The van der Waals surface area contributed by atoms with Crippen LogP contribution in [-0.2, 0) is 28.6 Å². The first-order valence-electron chi connectivity index (χ1n) is 10.2. The number of fused-ring (bicyclic) bond motifs is 1. The zero-order valence-corrected chi connectivity index (χ0v) is 17.2. The van der Waals surface area contributed by atoms with Gasteiger partial charge in [0, 0.05) is 32.7 Å². The van der Waals surface area contributed by atoms with E-state index >= 15 is 0 Å². The summed E-state index contributed by atoms with van der Waals surface area (Å²) in [7, 11) is 1.85. The first-order valence-corrected chi connectivity index (χ1v) is 10.2. The number of H-pyrrole nitrogens is 1. The molecule has 0 spiro atoms. The van der Waals surface area contributed by atoms with Gasteiger partial charge in [0.1, 0.15) is 0 Å². The van der Waals surface area contributed by atoms with Gasteiger partial charge in [-0.25, -0.2) is 0 Å². The van der Waals surface area contributed by atoms with E-state index in [-0.39, 0.29) is 17.4 Å².